The number of piperidine rings is 1. The van der Waals surface area contributed by atoms with Crippen LogP contribution in [0.25, 0.3) is 0 Å². The Morgan fingerprint density at radius 1 is 0.941 bits per heavy atom. The zero-order valence-electron chi connectivity index (χ0n) is 11.3. The van der Waals surface area contributed by atoms with Crippen LogP contribution in [0.4, 0.5) is 0 Å². The molecule has 1 saturated carbocycles. The third-order valence-corrected chi connectivity index (χ3v) is 5.49. The SMILES string of the molecule is CNC1CC2CCC(C1)N2CC1CCCCC1. The maximum Gasteiger partial charge on any atom is 0.0114 e. The molecule has 17 heavy (non-hydrogen) atoms. The summed E-state index contributed by atoms with van der Waals surface area (Å²) >= 11 is 0. The number of hydrogen-bond acceptors (Lipinski definition) is 2. The Labute approximate surface area is 106 Å². The second kappa shape index (κ2) is 5.27. The van der Waals surface area contributed by atoms with Crippen LogP contribution in [0.3, 0.4) is 0 Å². The van der Waals surface area contributed by atoms with E-state index in [9.17, 15) is 0 Å². The molecule has 1 N–H and O–H groups in total. The lowest BCUT2D eigenvalue weighted by Crippen LogP contribution is -2.49. The highest BCUT2D eigenvalue weighted by Gasteiger charge is 2.40. The predicted molar refractivity (Wildman–Crippen MR) is 72.2 cm³/mol. The van der Waals surface area contributed by atoms with Gasteiger partial charge in [0.1, 0.15) is 0 Å². The van der Waals surface area contributed by atoms with Gasteiger partial charge in [0, 0.05) is 24.7 Å². The first-order chi connectivity index (χ1) is 8.36. The van der Waals surface area contributed by atoms with Gasteiger partial charge in [-0.2, -0.15) is 0 Å². The summed E-state index contributed by atoms with van der Waals surface area (Å²) in [6.45, 7) is 1.42. The average Bonchev–Trinajstić information content (AvgIpc) is 2.63. The molecule has 0 aromatic rings. The number of hydrogen-bond donors (Lipinski definition) is 1. The van der Waals surface area contributed by atoms with Gasteiger partial charge in [-0.25, -0.2) is 0 Å². The van der Waals surface area contributed by atoms with E-state index in [1.807, 2.05) is 0 Å². The Hall–Kier alpha value is -0.0800. The Balaban J connectivity index is 1.57. The fourth-order valence-electron chi connectivity index (χ4n) is 4.48. The molecule has 3 aliphatic rings. The van der Waals surface area contributed by atoms with Gasteiger partial charge in [-0.15, -0.1) is 0 Å². The maximum absolute atomic E-state index is 3.50. The van der Waals surface area contributed by atoms with Gasteiger partial charge in [-0.1, -0.05) is 19.3 Å². The van der Waals surface area contributed by atoms with Gasteiger partial charge in [0.2, 0.25) is 0 Å². The minimum Gasteiger partial charge on any atom is -0.317 e. The van der Waals surface area contributed by atoms with E-state index in [2.05, 4.69) is 17.3 Å². The van der Waals surface area contributed by atoms with Crippen LogP contribution >= 0.6 is 0 Å². The molecular weight excluding hydrogens is 208 g/mol. The van der Waals surface area contributed by atoms with E-state index in [1.54, 1.807) is 0 Å². The fourth-order valence-corrected chi connectivity index (χ4v) is 4.48. The van der Waals surface area contributed by atoms with Crippen LogP contribution in [0.15, 0.2) is 0 Å². The number of nitrogens with one attached hydrogen (secondary N) is 1. The summed E-state index contributed by atoms with van der Waals surface area (Å²) in [7, 11) is 2.14. The van der Waals surface area contributed by atoms with Crippen molar-refractivity contribution in [1.82, 2.24) is 10.2 Å². The molecule has 0 radical (unpaired) electrons. The van der Waals surface area contributed by atoms with Crippen molar-refractivity contribution >= 4 is 0 Å². The van der Waals surface area contributed by atoms with Gasteiger partial charge in [0.05, 0.1) is 0 Å². The Morgan fingerprint density at radius 2 is 1.59 bits per heavy atom. The summed E-state index contributed by atoms with van der Waals surface area (Å²) in [6.07, 6.45) is 13.2. The standard InChI is InChI=1S/C15H28N2/c1-16-13-9-14-7-8-15(10-13)17(14)11-12-5-3-2-4-6-12/h12-16H,2-11H2,1H3. The summed E-state index contributed by atoms with van der Waals surface area (Å²) in [6, 6.07) is 2.62. The minimum absolute atomic E-state index is 0.801. The Morgan fingerprint density at radius 3 is 2.18 bits per heavy atom. The molecule has 3 rings (SSSR count). The Bertz CT molecular complexity index is 233. The van der Waals surface area contributed by atoms with E-state index in [1.165, 1.54) is 64.3 Å². The van der Waals surface area contributed by atoms with E-state index >= 15 is 0 Å². The third-order valence-electron chi connectivity index (χ3n) is 5.49. The fraction of sp³-hybridized carbons (Fsp3) is 1.00. The number of nitrogens with zero attached hydrogens (tertiary/aromatic N) is 1. The molecule has 2 nitrogen and oxygen atoms in total. The van der Waals surface area contributed by atoms with Crippen molar-refractivity contribution < 1.29 is 0 Å². The predicted octanol–water partition coefficient (Wildman–Crippen LogP) is 2.78. The largest absolute Gasteiger partial charge is 0.317 e. The van der Waals surface area contributed by atoms with Crippen molar-refractivity contribution in [2.75, 3.05) is 13.6 Å². The first-order valence-electron chi connectivity index (χ1n) is 7.80. The highest BCUT2D eigenvalue weighted by atomic mass is 15.2. The Kier molecular flexibility index (Phi) is 3.72. The van der Waals surface area contributed by atoms with E-state index in [0.717, 1.165) is 24.0 Å². The molecule has 2 unspecified atom stereocenters. The summed E-state index contributed by atoms with van der Waals surface area (Å²) in [5.74, 6) is 1.03. The molecule has 2 heterocycles. The molecule has 98 valence electrons. The van der Waals surface area contributed by atoms with Gasteiger partial charge in [0.25, 0.3) is 0 Å². The quantitative estimate of drug-likeness (QED) is 0.810. The highest BCUT2D eigenvalue weighted by molar-refractivity contribution is 4.97. The maximum atomic E-state index is 3.50. The smallest absolute Gasteiger partial charge is 0.0114 e. The summed E-state index contributed by atoms with van der Waals surface area (Å²) in [4.78, 5) is 2.89. The third kappa shape index (κ3) is 2.53. The molecule has 0 amide bonds. The first-order valence-corrected chi connectivity index (χ1v) is 7.80. The molecule has 2 aliphatic heterocycles. The van der Waals surface area contributed by atoms with Gasteiger partial charge in [-0.3, -0.25) is 4.90 Å². The second-order valence-corrected chi connectivity index (χ2v) is 6.54. The van der Waals surface area contributed by atoms with Crippen molar-refractivity contribution in [3.8, 4) is 0 Å². The van der Waals surface area contributed by atoms with Crippen LogP contribution in [0.2, 0.25) is 0 Å². The summed E-state index contributed by atoms with van der Waals surface area (Å²) in [5.41, 5.74) is 0. The van der Waals surface area contributed by atoms with Crippen molar-refractivity contribution in [3.05, 3.63) is 0 Å². The monoisotopic (exact) mass is 236 g/mol. The number of rotatable bonds is 3. The summed E-state index contributed by atoms with van der Waals surface area (Å²) < 4.78 is 0. The molecule has 2 saturated heterocycles. The van der Waals surface area contributed by atoms with Crippen LogP contribution in [-0.4, -0.2) is 36.6 Å². The molecule has 1 aliphatic carbocycles. The molecule has 0 spiro atoms. The van der Waals surface area contributed by atoms with E-state index in [4.69, 9.17) is 0 Å². The van der Waals surface area contributed by atoms with Crippen LogP contribution in [0.1, 0.15) is 57.8 Å². The minimum atomic E-state index is 0.801. The van der Waals surface area contributed by atoms with Crippen LogP contribution in [0.5, 0.6) is 0 Å². The topological polar surface area (TPSA) is 15.3 Å². The second-order valence-electron chi connectivity index (χ2n) is 6.54. The van der Waals surface area contributed by atoms with E-state index in [0.29, 0.717) is 0 Å². The number of fused-ring (bicyclic) bond motifs is 2. The highest BCUT2D eigenvalue weighted by Crippen LogP contribution is 2.37. The lowest BCUT2D eigenvalue weighted by molar-refractivity contribution is 0.0903. The van der Waals surface area contributed by atoms with Gasteiger partial charge in [-0.05, 0) is 51.5 Å². The molecule has 0 aromatic carbocycles. The van der Waals surface area contributed by atoms with Crippen molar-refractivity contribution in [2.45, 2.75) is 75.9 Å². The zero-order chi connectivity index (χ0) is 11.7. The van der Waals surface area contributed by atoms with Gasteiger partial charge >= 0.3 is 0 Å². The molecular formula is C15H28N2. The summed E-state index contributed by atoms with van der Waals surface area (Å²) in [5, 5.41) is 3.50. The zero-order valence-corrected chi connectivity index (χ0v) is 11.3. The van der Waals surface area contributed by atoms with Crippen LogP contribution in [0, 0.1) is 5.92 Å². The molecule has 2 heteroatoms. The first kappa shape index (κ1) is 12.0. The average molecular weight is 236 g/mol. The van der Waals surface area contributed by atoms with Crippen molar-refractivity contribution in [2.24, 2.45) is 5.92 Å². The van der Waals surface area contributed by atoms with E-state index < -0.39 is 0 Å². The van der Waals surface area contributed by atoms with Gasteiger partial charge in [0.15, 0.2) is 0 Å². The molecule has 2 atom stereocenters. The lowest BCUT2D eigenvalue weighted by Gasteiger charge is -2.41. The van der Waals surface area contributed by atoms with Crippen LogP contribution < -0.4 is 5.32 Å². The van der Waals surface area contributed by atoms with Crippen molar-refractivity contribution in [3.63, 3.8) is 0 Å². The molecule has 3 fully saturated rings. The van der Waals surface area contributed by atoms with E-state index in [-0.39, 0.29) is 0 Å². The molecule has 0 aromatic heterocycles. The molecule has 2 bridgehead atoms. The lowest BCUT2D eigenvalue weighted by atomic mass is 9.87. The van der Waals surface area contributed by atoms with Gasteiger partial charge < -0.3 is 5.32 Å². The normalized spacial score (nSPS) is 39.7. The van der Waals surface area contributed by atoms with Crippen LogP contribution in [-0.2, 0) is 0 Å². The van der Waals surface area contributed by atoms with Crippen molar-refractivity contribution in [1.29, 1.82) is 0 Å².